The summed E-state index contributed by atoms with van der Waals surface area (Å²) in [6.07, 6.45) is 7.20. The first kappa shape index (κ1) is 8.12. The van der Waals surface area contributed by atoms with Gasteiger partial charge in [-0.1, -0.05) is 31.5 Å². The third-order valence-electron chi connectivity index (χ3n) is 2.31. The number of nitrogens with two attached hydrogens (primary N) is 1. The molecule has 0 saturated heterocycles. The monoisotopic (exact) mass is 137 g/mol. The van der Waals surface area contributed by atoms with Gasteiger partial charge >= 0.3 is 0 Å². The average molecular weight is 137 g/mol. The van der Waals surface area contributed by atoms with Gasteiger partial charge in [0.1, 0.15) is 0 Å². The molecule has 10 heavy (non-hydrogen) atoms. The van der Waals surface area contributed by atoms with Crippen LogP contribution in [0.5, 0.6) is 0 Å². The standard InChI is InChI=1S/C8H16BN/c9-7-3-1-2-4-8(10)6-5-7/h7-8H,1-6,10H2. The molecule has 0 bridgehead atoms. The smallest absolute Gasteiger partial charge is 0.0699 e. The average Bonchev–Trinajstić information content (AvgIpc) is 1.90. The van der Waals surface area contributed by atoms with Gasteiger partial charge in [0.25, 0.3) is 0 Å². The van der Waals surface area contributed by atoms with Crippen molar-refractivity contribution in [1.82, 2.24) is 0 Å². The SMILES string of the molecule is [B]C1CCCCC(N)CC1. The second-order valence-electron chi connectivity index (χ2n) is 3.38. The van der Waals surface area contributed by atoms with Crippen molar-refractivity contribution < 1.29 is 0 Å². The first-order chi connectivity index (χ1) is 4.79. The van der Waals surface area contributed by atoms with Crippen molar-refractivity contribution in [2.75, 3.05) is 0 Å². The minimum atomic E-state index is 0.423. The number of hydrogen-bond donors (Lipinski definition) is 1. The van der Waals surface area contributed by atoms with E-state index in [1.54, 1.807) is 0 Å². The Bertz CT molecular complexity index is 83.3. The molecule has 2 N–H and O–H groups in total. The third kappa shape index (κ3) is 2.74. The highest BCUT2D eigenvalue weighted by Gasteiger charge is 2.10. The number of rotatable bonds is 0. The fourth-order valence-electron chi connectivity index (χ4n) is 1.53. The molecule has 0 aliphatic heterocycles. The van der Waals surface area contributed by atoms with Crippen LogP contribution >= 0.6 is 0 Å². The lowest BCUT2D eigenvalue weighted by Crippen LogP contribution is -2.21. The first-order valence-corrected chi connectivity index (χ1v) is 4.30. The lowest BCUT2D eigenvalue weighted by atomic mass is 9.77. The van der Waals surface area contributed by atoms with Gasteiger partial charge in [-0.2, -0.15) is 0 Å². The zero-order chi connectivity index (χ0) is 7.40. The van der Waals surface area contributed by atoms with E-state index in [9.17, 15) is 0 Å². The molecule has 0 aromatic heterocycles. The molecule has 0 heterocycles. The molecular weight excluding hydrogens is 121 g/mol. The Kier molecular flexibility index (Phi) is 3.27. The molecule has 0 aromatic carbocycles. The molecule has 2 atom stereocenters. The second kappa shape index (κ2) is 4.02. The van der Waals surface area contributed by atoms with Gasteiger partial charge in [-0.3, -0.25) is 0 Å². The van der Waals surface area contributed by atoms with Gasteiger partial charge in [0.15, 0.2) is 0 Å². The molecule has 1 rings (SSSR count). The molecule has 2 unspecified atom stereocenters. The zero-order valence-corrected chi connectivity index (χ0v) is 6.55. The molecule has 1 saturated carbocycles. The van der Waals surface area contributed by atoms with Crippen LogP contribution in [0, 0.1) is 0 Å². The zero-order valence-electron chi connectivity index (χ0n) is 6.55. The molecule has 1 aliphatic carbocycles. The van der Waals surface area contributed by atoms with Gasteiger partial charge in [-0.15, -0.1) is 0 Å². The van der Waals surface area contributed by atoms with Crippen LogP contribution in [0.15, 0.2) is 0 Å². The van der Waals surface area contributed by atoms with E-state index in [4.69, 9.17) is 13.6 Å². The Morgan fingerprint density at radius 1 is 1.00 bits per heavy atom. The lowest BCUT2D eigenvalue weighted by Gasteiger charge is -2.19. The van der Waals surface area contributed by atoms with Gasteiger partial charge in [-0.05, 0) is 12.8 Å². The van der Waals surface area contributed by atoms with Crippen molar-refractivity contribution in [1.29, 1.82) is 0 Å². The first-order valence-electron chi connectivity index (χ1n) is 4.30. The quantitative estimate of drug-likeness (QED) is 0.504. The predicted molar refractivity (Wildman–Crippen MR) is 45.2 cm³/mol. The summed E-state index contributed by atoms with van der Waals surface area (Å²) in [4.78, 5) is 0. The van der Waals surface area contributed by atoms with Crippen LogP contribution < -0.4 is 5.73 Å². The maximum absolute atomic E-state index is 5.81. The van der Waals surface area contributed by atoms with Gasteiger partial charge in [0.05, 0.1) is 7.85 Å². The fourth-order valence-corrected chi connectivity index (χ4v) is 1.53. The molecule has 0 amide bonds. The van der Waals surface area contributed by atoms with Gasteiger partial charge in [-0.25, -0.2) is 0 Å². The minimum Gasteiger partial charge on any atom is -0.328 e. The Morgan fingerprint density at radius 3 is 2.50 bits per heavy atom. The normalized spacial score (nSPS) is 36.5. The summed E-state index contributed by atoms with van der Waals surface area (Å²) in [5.74, 6) is 0.423. The largest absolute Gasteiger partial charge is 0.328 e. The van der Waals surface area contributed by atoms with Crippen molar-refractivity contribution in [2.45, 2.75) is 50.4 Å². The summed E-state index contributed by atoms with van der Waals surface area (Å²) in [7, 11) is 5.81. The van der Waals surface area contributed by atoms with Crippen LogP contribution in [0.25, 0.3) is 0 Å². The fraction of sp³-hybridized carbons (Fsp3) is 1.00. The van der Waals surface area contributed by atoms with E-state index in [-0.39, 0.29) is 0 Å². The highest BCUT2D eigenvalue weighted by atomic mass is 14.6. The van der Waals surface area contributed by atoms with E-state index in [1.807, 2.05) is 0 Å². The lowest BCUT2D eigenvalue weighted by molar-refractivity contribution is 0.454. The van der Waals surface area contributed by atoms with Crippen LogP contribution in [-0.4, -0.2) is 13.9 Å². The van der Waals surface area contributed by atoms with E-state index >= 15 is 0 Å². The van der Waals surface area contributed by atoms with Crippen LogP contribution in [0.3, 0.4) is 0 Å². The van der Waals surface area contributed by atoms with Crippen LogP contribution in [0.1, 0.15) is 38.5 Å². The molecule has 2 heteroatoms. The van der Waals surface area contributed by atoms with Crippen molar-refractivity contribution >= 4 is 7.85 Å². The Labute approximate surface area is 64.8 Å². The summed E-state index contributed by atoms with van der Waals surface area (Å²) in [5, 5.41) is 0. The van der Waals surface area contributed by atoms with E-state index in [1.165, 1.54) is 25.7 Å². The molecular formula is C8H16BN. The highest BCUT2D eigenvalue weighted by molar-refractivity contribution is 6.11. The van der Waals surface area contributed by atoms with Crippen LogP contribution in [0.2, 0.25) is 5.82 Å². The summed E-state index contributed by atoms with van der Waals surface area (Å²) in [6.45, 7) is 0. The van der Waals surface area contributed by atoms with Crippen molar-refractivity contribution in [3.63, 3.8) is 0 Å². The molecule has 1 fully saturated rings. The molecule has 56 valence electrons. The van der Waals surface area contributed by atoms with E-state index in [2.05, 4.69) is 0 Å². The maximum atomic E-state index is 5.81. The van der Waals surface area contributed by atoms with Gasteiger partial charge in [0, 0.05) is 6.04 Å². The van der Waals surface area contributed by atoms with Crippen molar-refractivity contribution in [3.05, 3.63) is 0 Å². The Hall–Kier alpha value is 0.0249. The molecule has 0 spiro atoms. The summed E-state index contributed by atoms with van der Waals surface area (Å²) >= 11 is 0. The molecule has 1 nitrogen and oxygen atoms in total. The maximum Gasteiger partial charge on any atom is 0.0699 e. The summed E-state index contributed by atoms with van der Waals surface area (Å²) in [6, 6.07) is 0.423. The van der Waals surface area contributed by atoms with E-state index < -0.39 is 0 Å². The van der Waals surface area contributed by atoms with Crippen LogP contribution in [-0.2, 0) is 0 Å². The Morgan fingerprint density at radius 2 is 1.70 bits per heavy atom. The minimum absolute atomic E-state index is 0.423. The van der Waals surface area contributed by atoms with E-state index in [0.29, 0.717) is 11.9 Å². The highest BCUT2D eigenvalue weighted by Crippen LogP contribution is 2.22. The van der Waals surface area contributed by atoms with Crippen molar-refractivity contribution in [2.24, 2.45) is 5.73 Å². The second-order valence-corrected chi connectivity index (χ2v) is 3.38. The van der Waals surface area contributed by atoms with Crippen LogP contribution in [0.4, 0.5) is 0 Å². The van der Waals surface area contributed by atoms with Gasteiger partial charge < -0.3 is 5.73 Å². The summed E-state index contributed by atoms with van der Waals surface area (Å²) < 4.78 is 0. The van der Waals surface area contributed by atoms with Crippen molar-refractivity contribution in [3.8, 4) is 0 Å². The third-order valence-corrected chi connectivity index (χ3v) is 2.31. The Balaban J connectivity index is 2.23. The molecule has 1 aliphatic rings. The van der Waals surface area contributed by atoms with E-state index in [0.717, 1.165) is 12.8 Å². The van der Waals surface area contributed by atoms with Gasteiger partial charge in [0.2, 0.25) is 0 Å². The predicted octanol–water partition coefficient (Wildman–Crippen LogP) is 1.62. The molecule has 2 radical (unpaired) electrons. The number of hydrogen-bond acceptors (Lipinski definition) is 1. The topological polar surface area (TPSA) is 26.0 Å². The summed E-state index contributed by atoms with van der Waals surface area (Å²) in [5.41, 5.74) is 5.81. The molecule has 0 aromatic rings.